The minimum atomic E-state index is -4.49. The number of aromatic amines is 1. The van der Waals surface area contributed by atoms with Gasteiger partial charge in [0.15, 0.2) is 0 Å². The fourth-order valence-corrected chi connectivity index (χ4v) is 2.48. The minimum absolute atomic E-state index is 0.00827. The van der Waals surface area contributed by atoms with Gasteiger partial charge in [0.1, 0.15) is 5.69 Å². The van der Waals surface area contributed by atoms with Crippen LogP contribution in [0.4, 0.5) is 19.1 Å². The summed E-state index contributed by atoms with van der Waals surface area (Å²) in [6.07, 6.45) is 0.488. The second kappa shape index (κ2) is 5.90. The van der Waals surface area contributed by atoms with Crippen LogP contribution in [0, 0.1) is 0 Å². The van der Waals surface area contributed by atoms with Crippen molar-refractivity contribution in [2.45, 2.75) is 18.6 Å². The van der Waals surface area contributed by atoms with Crippen molar-refractivity contribution < 1.29 is 18.0 Å². The van der Waals surface area contributed by atoms with Crippen molar-refractivity contribution in [2.24, 2.45) is 0 Å². The van der Waals surface area contributed by atoms with Gasteiger partial charge in [-0.05, 0) is 18.6 Å². The third kappa shape index (κ3) is 3.43. The number of halogens is 3. The van der Waals surface area contributed by atoms with E-state index in [0.29, 0.717) is 25.5 Å². The Balaban J connectivity index is 1.62. The summed E-state index contributed by atoms with van der Waals surface area (Å²) in [4.78, 5) is 24.0. The van der Waals surface area contributed by atoms with Crippen LogP contribution >= 0.6 is 0 Å². The fraction of sp³-hybridized carbons (Fsp3) is 0.357. The van der Waals surface area contributed by atoms with E-state index in [9.17, 15) is 18.0 Å². The van der Waals surface area contributed by atoms with E-state index < -0.39 is 17.8 Å². The van der Waals surface area contributed by atoms with E-state index in [1.54, 1.807) is 18.5 Å². The maximum atomic E-state index is 12.6. The van der Waals surface area contributed by atoms with Gasteiger partial charge < -0.3 is 15.2 Å². The molecule has 0 saturated carbocycles. The first kappa shape index (κ1) is 15.3. The zero-order valence-corrected chi connectivity index (χ0v) is 12.0. The number of H-pyrrole nitrogens is 1. The summed E-state index contributed by atoms with van der Waals surface area (Å²) in [6.45, 7) is 0.861. The average molecular weight is 325 g/mol. The number of rotatable bonds is 3. The molecule has 23 heavy (non-hydrogen) atoms. The predicted molar refractivity (Wildman–Crippen MR) is 75.8 cm³/mol. The lowest BCUT2D eigenvalue weighted by molar-refractivity contribution is -0.140. The molecule has 3 rings (SSSR count). The Morgan fingerprint density at radius 3 is 2.74 bits per heavy atom. The molecule has 2 aromatic heterocycles. The van der Waals surface area contributed by atoms with Gasteiger partial charge in [-0.15, -0.1) is 0 Å². The van der Waals surface area contributed by atoms with Gasteiger partial charge in [-0.25, -0.2) is 9.97 Å². The summed E-state index contributed by atoms with van der Waals surface area (Å²) in [7, 11) is 0. The molecule has 2 aromatic rings. The van der Waals surface area contributed by atoms with E-state index >= 15 is 0 Å². The quantitative estimate of drug-likeness (QED) is 0.907. The number of aromatic nitrogens is 3. The number of nitrogens with zero attached hydrogens (tertiary/aromatic N) is 3. The Labute approximate surface area is 129 Å². The first-order valence-electron chi connectivity index (χ1n) is 7.02. The van der Waals surface area contributed by atoms with E-state index in [0.717, 1.165) is 12.3 Å². The van der Waals surface area contributed by atoms with E-state index in [2.05, 4.69) is 20.3 Å². The highest BCUT2D eigenvalue weighted by molar-refractivity contribution is 5.94. The molecule has 3 heterocycles. The van der Waals surface area contributed by atoms with Crippen LogP contribution in [0.15, 0.2) is 30.7 Å². The molecule has 0 aliphatic carbocycles. The molecule has 0 radical (unpaired) electrons. The predicted octanol–water partition coefficient (Wildman–Crippen LogP) is 2.15. The van der Waals surface area contributed by atoms with Crippen molar-refractivity contribution in [3.05, 3.63) is 42.0 Å². The molecule has 0 aromatic carbocycles. The number of nitrogens with one attached hydrogen (secondary N) is 2. The second-order valence-electron chi connectivity index (χ2n) is 5.25. The van der Waals surface area contributed by atoms with E-state index in [1.807, 2.05) is 0 Å². The van der Waals surface area contributed by atoms with Crippen molar-refractivity contribution >= 4 is 11.9 Å². The van der Waals surface area contributed by atoms with E-state index in [4.69, 9.17) is 0 Å². The van der Waals surface area contributed by atoms with Crippen LogP contribution in [0.3, 0.4) is 0 Å². The monoisotopic (exact) mass is 325 g/mol. The van der Waals surface area contributed by atoms with Crippen LogP contribution in [-0.4, -0.2) is 44.9 Å². The van der Waals surface area contributed by atoms with Gasteiger partial charge in [0.2, 0.25) is 5.95 Å². The number of hydrogen-bond donors (Lipinski definition) is 2. The lowest BCUT2D eigenvalue weighted by atomic mass is 10.2. The number of amides is 1. The van der Waals surface area contributed by atoms with Crippen molar-refractivity contribution in [1.82, 2.24) is 19.9 Å². The fourth-order valence-electron chi connectivity index (χ4n) is 2.48. The molecule has 122 valence electrons. The maximum absolute atomic E-state index is 12.6. The van der Waals surface area contributed by atoms with Crippen LogP contribution < -0.4 is 5.32 Å². The summed E-state index contributed by atoms with van der Waals surface area (Å²) in [5, 5.41) is 3.10. The van der Waals surface area contributed by atoms with Gasteiger partial charge in [-0.3, -0.25) is 4.79 Å². The topological polar surface area (TPSA) is 73.9 Å². The number of hydrogen-bond acceptors (Lipinski definition) is 4. The number of carbonyl (C=O) groups excluding carboxylic acids is 1. The first-order valence-corrected chi connectivity index (χ1v) is 7.02. The van der Waals surface area contributed by atoms with Crippen molar-refractivity contribution in [3.63, 3.8) is 0 Å². The molecule has 1 aliphatic rings. The number of likely N-dealkylation sites (tertiary alicyclic amines) is 1. The van der Waals surface area contributed by atoms with Gasteiger partial charge >= 0.3 is 6.18 Å². The normalized spacial score (nSPS) is 18.2. The summed E-state index contributed by atoms with van der Waals surface area (Å²) < 4.78 is 37.7. The van der Waals surface area contributed by atoms with Gasteiger partial charge in [-0.2, -0.15) is 13.2 Å². The highest BCUT2D eigenvalue weighted by Gasteiger charge is 2.34. The summed E-state index contributed by atoms with van der Waals surface area (Å²) in [6, 6.07) is 2.51. The van der Waals surface area contributed by atoms with Crippen molar-refractivity contribution in [2.75, 3.05) is 18.4 Å². The zero-order chi connectivity index (χ0) is 16.4. The Bertz CT molecular complexity index is 685. The molecule has 1 aliphatic heterocycles. The molecular weight excluding hydrogens is 311 g/mol. The maximum Gasteiger partial charge on any atom is 0.431 e. The summed E-state index contributed by atoms with van der Waals surface area (Å²) >= 11 is 0. The second-order valence-corrected chi connectivity index (χ2v) is 5.25. The molecule has 0 bridgehead atoms. The Kier molecular flexibility index (Phi) is 3.93. The molecule has 0 unspecified atom stereocenters. The third-order valence-electron chi connectivity index (χ3n) is 3.61. The van der Waals surface area contributed by atoms with Crippen LogP contribution in [0.2, 0.25) is 0 Å². The number of carbonyl (C=O) groups is 1. The highest BCUT2D eigenvalue weighted by Crippen LogP contribution is 2.29. The standard InChI is InChI=1S/C14H14F3N5O/c15-14(16,17)11-6-9(7-20-11)12(23)22-5-2-10(8-22)21-13-18-3-1-4-19-13/h1,3-4,6-7,10,20H,2,5,8H2,(H,18,19,21)/t10-/m0/s1. The zero-order valence-electron chi connectivity index (χ0n) is 12.0. The highest BCUT2D eigenvalue weighted by atomic mass is 19.4. The Hall–Kier alpha value is -2.58. The van der Waals surface area contributed by atoms with Gasteiger partial charge in [0.25, 0.3) is 5.91 Å². The van der Waals surface area contributed by atoms with Gasteiger partial charge in [-0.1, -0.05) is 0 Å². The molecule has 1 fully saturated rings. The van der Waals surface area contributed by atoms with Gasteiger partial charge in [0, 0.05) is 37.7 Å². The molecule has 6 nitrogen and oxygen atoms in total. The van der Waals surface area contributed by atoms with Gasteiger partial charge in [0.05, 0.1) is 5.56 Å². The van der Waals surface area contributed by atoms with Crippen LogP contribution in [-0.2, 0) is 6.18 Å². The number of alkyl halides is 3. The SMILES string of the molecule is O=C(c1c[nH]c(C(F)(F)F)c1)N1CC[C@H](Nc2ncccn2)C1. The van der Waals surface area contributed by atoms with E-state index in [1.165, 1.54) is 4.90 Å². The molecule has 9 heteroatoms. The van der Waals surface area contributed by atoms with Crippen molar-refractivity contribution in [1.29, 1.82) is 0 Å². The average Bonchev–Trinajstić information content (AvgIpc) is 3.16. The van der Waals surface area contributed by atoms with E-state index in [-0.39, 0.29) is 11.6 Å². The molecule has 2 N–H and O–H groups in total. The molecule has 1 amide bonds. The van der Waals surface area contributed by atoms with Crippen LogP contribution in [0.1, 0.15) is 22.5 Å². The third-order valence-corrected chi connectivity index (χ3v) is 3.61. The lowest BCUT2D eigenvalue weighted by Gasteiger charge is -2.16. The Morgan fingerprint density at radius 1 is 1.35 bits per heavy atom. The molecule has 1 atom stereocenters. The molecule has 1 saturated heterocycles. The van der Waals surface area contributed by atoms with Crippen LogP contribution in [0.25, 0.3) is 0 Å². The lowest BCUT2D eigenvalue weighted by Crippen LogP contribution is -2.31. The Morgan fingerprint density at radius 2 is 2.09 bits per heavy atom. The first-order chi connectivity index (χ1) is 10.9. The van der Waals surface area contributed by atoms with Crippen molar-refractivity contribution in [3.8, 4) is 0 Å². The van der Waals surface area contributed by atoms with Crippen LogP contribution in [0.5, 0.6) is 0 Å². The summed E-state index contributed by atoms with van der Waals surface area (Å²) in [5.41, 5.74) is -0.915. The smallest absolute Gasteiger partial charge is 0.357 e. The molecule has 0 spiro atoms. The minimum Gasteiger partial charge on any atom is -0.357 e. The summed E-state index contributed by atoms with van der Waals surface area (Å²) in [5.74, 6) is 0.0443. The molecular formula is C14H14F3N5O. The largest absolute Gasteiger partial charge is 0.431 e. The number of anilines is 1.